The van der Waals surface area contributed by atoms with Crippen LogP contribution in [0.1, 0.15) is 39.9 Å². The van der Waals surface area contributed by atoms with Crippen molar-refractivity contribution in [1.29, 1.82) is 0 Å². The van der Waals surface area contributed by atoms with Crippen LogP contribution in [0.3, 0.4) is 0 Å². The molecule has 2 heterocycles. The minimum Gasteiger partial charge on any atom is -0.273 e. The first-order chi connectivity index (χ1) is 11.4. The molecule has 1 aliphatic rings. The second kappa shape index (κ2) is 7.13. The molecule has 0 fully saturated rings. The van der Waals surface area contributed by atoms with E-state index < -0.39 is 15.9 Å². The summed E-state index contributed by atoms with van der Waals surface area (Å²) < 4.78 is 24.6. The number of sulfonamides is 1. The fourth-order valence-electron chi connectivity index (χ4n) is 2.73. The van der Waals surface area contributed by atoms with Crippen LogP contribution in [0.5, 0.6) is 0 Å². The van der Waals surface area contributed by atoms with Crippen LogP contribution in [0.25, 0.3) is 0 Å². The molecule has 1 amide bonds. The van der Waals surface area contributed by atoms with Gasteiger partial charge in [-0.15, -0.1) is 27.5 Å². The molecule has 130 valence electrons. The normalized spacial score (nSPS) is 17.5. The number of carbonyl (C=O) groups excluding carboxylic acids is 1. The molecule has 2 aromatic rings. The highest BCUT2D eigenvalue weighted by molar-refractivity contribution is 7.91. The van der Waals surface area contributed by atoms with E-state index in [0.29, 0.717) is 15.1 Å². The lowest BCUT2D eigenvalue weighted by Crippen LogP contribution is -2.40. The van der Waals surface area contributed by atoms with E-state index in [9.17, 15) is 13.2 Å². The lowest BCUT2D eigenvalue weighted by Gasteiger charge is -2.19. The molecule has 0 unspecified atom stereocenters. The predicted molar refractivity (Wildman–Crippen MR) is 97.2 cm³/mol. The highest BCUT2D eigenvalue weighted by Gasteiger charge is 2.23. The number of amides is 1. The van der Waals surface area contributed by atoms with Crippen LogP contribution in [0.4, 0.5) is 0 Å². The Balaban J connectivity index is 1.67. The maximum Gasteiger partial charge on any atom is 0.276 e. The van der Waals surface area contributed by atoms with Crippen LogP contribution in [-0.2, 0) is 22.9 Å². The highest BCUT2D eigenvalue weighted by atomic mass is 35.5. The van der Waals surface area contributed by atoms with Gasteiger partial charge in [-0.1, -0.05) is 24.9 Å². The van der Waals surface area contributed by atoms with Gasteiger partial charge in [-0.25, -0.2) is 8.42 Å². The lowest BCUT2D eigenvalue weighted by atomic mass is 9.87. The second-order valence-electron chi connectivity index (χ2n) is 5.69. The maximum absolute atomic E-state index is 12.2. The second-order valence-corrected chi connectivity index (χ2v) is 10.5. The zero-order valence-electron chi connectivity index (χ0n) is 13.0. The molecule has 1 aliphatic carbocycles. The van der Waals surface area contributed by atoms with Crippen LogP contribution in [0.2, 0.25) is 4.34 Å². The Bertz CT molecular complexity index is 857. The quantitative estimate of drug-likeness (QED) is 0.747. The van der Waals surface area contributed by atoms with Crippen molar-refractivity contribution in [3.8, 4) is 0 Å². The summed E-state index contributed by atoms with van der Waals surface area (Å²) in [6, 6.07) is 4.78. The van der Waals surface area contributed by atoms with Gasteiger partial charge >= 0.3 is 0 Å². The molecule has 0 bridgehead atoms. The molecule has 9 heteroatoms. The molecule has 0 saturated heterocycles. The largest absolute Gasteiger partial charge is 0.276 e. The smallest absolute Gasteiger partial charge is 0.273 e. The van der Waals surface area contributed by atoms with Gasteiger partial charge in [0, 0.05) is 4.88 Å². The van der Waals surface area contributed by atoms with Gasteiger partial charge in [0.25, 0.3) is 15.9 Å². The van der Waals surface area contributed by atoms with Crippen molar-refractivity contribution in [2.45, 2.75) is 36.8 Å². The monoisotopic (exact) mass is 404 g/mol. The van der Waals surface area contributed by atoms with Crippen molar-refractivity contribution >= 4 is 50.2 Å². The third-order valence-electron chi connectivity index (χ3n) is 4.10. The topological polar surface area (TPSA) is 75.3 Å². The maximum atomic E-state index is 12.2. The van der Waals surface area contributed by atoms with E-state index in [0.717, 1.165) is 37.0 Å². The van der Waals surface area contributed by atoms with Crippen LogP contribution in [0.15, 0.2) is 22.4 Å². The summed E-state index contributed by atoms with van der Waals surface area (Å²) in [7, 11) is -3.80. The Hall–Kier alpha value is -0.930. The molecule has 0 spiro atoms. The summed E-state index contributed by atoms with van der Waals surface area (Å²) in [5.74, 6) is 0.235. The van der Waals surface area contributed by atoms with E-state index in [2.05, 4.69) is 17.2 Å². The highest BCUT2D eigenvalue weighted by Crippen LogP contribution is 2.33. The third kappa shape index (κ3) is 3.83. The number of rotatable bonds is 5. The molecule has 0 aliphatic heterocycles. The Labute approximate surface area is 154 Å². The Morgan fingerprint density at radius 3 is 2.83 bits per heavy atom. The van der Waals surface area contributed by atoms with Crippen LogP contribution < -0.4 is 10.3 Å². The first-order valence-corrected chi connectivity index (χ1v) is 11.1. The van der Waals surface area contributed by atoms with Crippen molar-refractivity contribution in [1.82, 2.24) is 10.3 Å². The molecule has 24 heavy (non-hydrogen) atoms. The van der Waals surface area contributed by atoms with Gasteiger partial charge < -0.3 is 0 Å². The van der Waals surface area contributed by atoms with E-state index in [-0.39, 0.29) is 4.21 Å². The minimum atomic E-state index is -3.80. The fraction of sp³-hybridized carbons (Fsp3) is 0.400. The average molecular weight is 405 g/mol. The number of hydrazine groups is 1. The summed E-state index contributed by atoms with van der Waals surface area (Å²) in [5.41, 5.74) is 3.50. The lowest BCUT2D eigenvalue weighted by molar-refractivity contribution is 0.0949. The van der Waals surface area contributed by atoms with Gasteiger partial charge in [-0.05, 0) is 48.9 Å². The van der Waals surface area contributed by atoms with Crippen molar-refractivity contribution in [2.75, 3.05) is 0 Å². The first kappa shape index (κ1) is 17.9. The molecule has 2 aromatic heterocycles. The number of hydrogen-bond donors (Lipinski definition) is 2. The number of thiophene rings is 2. The average Bonchev–Trinajstić information content (AvgIpc) is 3.18. The third-order valence-corrected chi connectivity index (χ3v) is 8.30. The minimum absolute atomic E-state index is 0.0593. The van der Waals surface area contributed by atoms with Gasteiger partial charge in [0.15, 0.2) is 0 Å². The SMILES string of the molecule is CC[C@@H]1CCc2sc(C(=O)NNS(=O)(=O)c3ccc(Cl)s3)cc2C1. The molecule has 0 aromatic carbocycles. The summed E-state index contributed by atoms with van der Waals surface area (Å²) in [6.07, 6.45) is 4.27. The van der Waals surface area contributed by atoms with Gasteiger partial charge in [-0.3, -0.25) is 10.2 Å². The number of nitrogens with one attached hydrogen (secondary N) is 2. The summed E-state index contributed by atoms with van der Waals surface area (Å²) in [4.78, 5) is 16.1. The van der Waals surface area contributed by atoms with Crippen LogP contribution >= 0.6 is 34.3 Å². The number of hydrogen-bond acceptors (Lipinski definition) is 5. The van der Waals surface area contributed by atoms with Crippen molar-refractivity contribution in [2.24, 2.45) is 5.92 Å². The standard InChI is InChI=1S/C15H17ClN2O3S3/c1-2-9-3-4-11-10(7-9)8-12(22-11)15(19)17-18-24(20,21)14-6-5-13(16)23-14/h5-6,8-9,18H,2-4,7H2,1H3,(H,17,19)/t9-/m1/s1. The van der Waals surface area contributed by atoms with Gasteiger partial charge in [0.2, 0.25) is 0 Å². The Kier molecular flexibility index (Phi) is 5.31. The molecular weight excluding hydrogens is 388 g/mol. The molecule has 5 nitrogen and oxygen atoms in total. The number of aryl methyl sites for hydroxylation is 1. The molecule has 0 radical (unpaired) electrons. The molecule has 2 N–H and O–H groups in total. The van der Waals surface area contributed by atoms with Crippen molar-refractivity contribution < 1.29 is 13.2 Å². The number of fused-ring (bicyclic) bond motifs is 1. The Morgan fingerprint density at radius 2 is 2.17 bits per heavy atom. The predicted octanol–water partition coefficient (Wildman–Crippen LogP) is 3.60. The van der Waals surface area contributed by atoms with E-state index >= 15 is 0 Å². The summed E-state index contributed by atoms with van der Waals surface area (Å²) >= 11 is 8.12. The van der Waals surface area contributed by atoms with Gasteiger partial charge in [0.05, 0.1) is 9.21 Å². The molecule has 1 atom stereocenters. The molecule has 0 saturated carbocycles. The van der Waals surface area contributed by atoms with Crippen molar-refractivity contribution in [3.05, 3.63) is 37.9 Å². The fourth-order valence-corrected chi connectivity index (χ4v) is 6.15. The van der Waals surface area contributed by atoms with Gasteiger partial charge in [-0.2, -0.15) is 0 Å². The first-order valence-electron chi connectivity index (χ1n) is 7.58. The molecular formula is C15H17ClN2O3S3. The molecule has 3 rings (SSSR count). The van der Waals surface area contributed by atoms with E-state index in [1.165, 1.54) is 33.9 Å². The van der Waals surface area contributed by atoms with Crippen LogP contribution in [0, 0.1) is 5.92 Å². The van der Waals surface area contributed by atoms with Crippen LogP contribution in [-0.4, -0.2) is 14.3 Å². The number of carbonyl (C=O) groups is 1. The van der Waals surface area contributed by atoms with E-state index in [1.54, 1.807) is 0 Å². The van der Waals surface area contributed by atoms with E-state index in [4.69, 9.17) is 11.6 Å². The number of halogens is 1. The van der Waals surface area contributed by atoms with E-state index in [1.807, 2.05) is 6.07 Å². The summed E-state index contributed by atoms with van der Waals surface area (Å²) in [6.45, 7) is 2.18. The van der Waals surface area contributed by atoms with Gasteiger partial charge in [0.1, 0.15) is 4.21 Å². The zero-order chi connectivity index (χ0) is 17.3. The zero-order valence-corrected chi connectivity index (χ0v) is 16.2. The van der Waals surface area contributed by atoms with Crippen molar-refractivity contribution in [3.63, 3.8) is 0 Å². The Morgan fingerprint density at radius 1 is 1.38 bits per heavy atom. The summed E-state index contributed by atoms with van der Waals surface area (Å²) in [5, 5.41) is 0.